The maximum absolute atomic E-state index is 13.0. The van der Waals surface area contributed by atoms with Crippen molar-refractivity contribution in [1.29, 1.82) is 0 Å². The van der Waals surface area contributed by atoms with E-state index in [4.69, 9.17) is 11.6 Å². The fraction of sp³-hybridized carbons (Fsp3) is 0.259. The fourth-order valence-electron chi connectivity index (χ4n) is 4.31. The van der Waals surface area contributed by atoms with Gasteiger partial charge in [-0.1, -0.05) is 54.1 Å². The van der Waals surface area contributed by atoms with Crippen molar-refractivity contribution >= 4 is 38.9 Å². The number of halogens is 1. The summed E-state index contributed by atoms with van der Waals surface area (Å²) in [5, 5.41) is 3.18. The molecular weight excluding hydrogens is 484 g/mol. The number of nitrogens with zero attached hydrogens (tertiary/aromatic N) is 1. The highest BCUT2D eigenvalue weighted by atomic mass is 35.5. The third kappa shape index (κ3) is 6.29. The van der Waals surface area contributed by atoms with Crippen LogP contribution < -0.4 is 5.32 Å². The van der Waals surface area contributed by atoms with Crippen molar-refractivity contribution in [2.75, 3.05) is 24.7 Å². The largest absolute Gasteiger partial charge is 0.339 e. The quantitative estimate of drug-likeness (QED) is 0.509. The Morgan fingerprint density at radius 3 is 2.26 bits per heavy atom. The first kappa shape index (κ1) is 24.9. The van der Waals surface area contributed by atoms with Gasteiger partial charge in [0, 0.05) is 25.0 Å². The van der Waals surface area contributed by atoms with Gasteiger partial charge in [0.05, 0.1) is 21.9 Å². The van der Waals surface area contributed by atoms with Gasteiger partial charge in [0.15, 0.2) is 9.84 Å². The van der Waals surface area contributed by atoms with Gasteiger partial charge in [-0.3, -0.25) is 9.59 Å². The molecule has 0 radical (unpaired) electrons. The summed E-state index contributed by atoms with van der Waals surface area (Å²) in [6, 6.07) is 21.7. The number of sulfone groups is 1. The minimum absolute atomic E-state index is 0.0608. The summed E-state index contributed by atoms with van der Waals surface area (Å²) in [5.74, 6) is -0.0178. The molecule has 1 aliphatic heterocycles. The van der Waals surface area contributed by atoms with Crippen LogP contribution in [0, 0.1) is 0 Å². The van der Waals surface area contributed by atoms with Gasteiger partial charge >= 0.3 is 0 Å². The van der Waals surface area contributed by atoms with E-state index in [9.17, 15) is 18.0 Å². The maximum Gasteiger partial charge on any atom is 0.255 e. The highest BCUT2D eigenvalue weighted by molar-refractivity contribution is 7.90. The Balaban J connectivity index is 1.34. The van der Waals surface area contributed by atoms with E-state index in [-0.39, 0.29) is 27.3 Å². The molecular formula is C27H27ClN2O4S. The Morgan fingerprint density at radius 2 is 1.63 bits per heavy atom. The lowest BCUT2D eigenvalue weighted by Gasteiger charge is -2.32. The average molecular weight is 511 g/mol. The summed E-state index contributed by atoms with van der Waals surface area (Å²) in [6.07, 6.45) is 3.01. The molecule has 35 heavy (non-hydrogen) atoms. The minimum Gasteiger partial charge on any atom is -0.339 e. The summed E-state index contributed by atoms with van der Waals surface area (Å²) in [7, 11) is -3.43. The van der Waals surface area contributed by atoms with Gasteiger partial charge in [-0.25, -0.2) is 8.42 Å². The number of anilines is 1. The second-order valence-electron chi connectivity index (χ2n) is 8.81. The van der Waals surface area contributed by atoms with Crippen molar-refractivity contribution in [1.82, 2.24) is 4.90 Å². The number of carbonyl (C=O) groups excluding carboxylic acids is 2. The molecule has 0 atom stereocenters. The molecule has 1 heterocycles. The molecule has 1 aliphatic rings. The second kappa shape index (κ2) is 10.6. The van der Waals surface area contributed by atoms with E-state index in [0.717, 1.165) is 35.9 Å². The first-order valence-corrected chi connectivity index (χ1v) is 13.7. The van der Waals surface area contributed by atoms with Crippen LogP contribution in [0.4, 0.5) is 5.69 Å². The van der Waals surface area contributed by atoms with Gasteiger partial charge in [-0.2, -0.15) is 0 Å². The fourth-order valence-corrected chi connectivity index (χ4v) is 5.16. The van der Waals surface area contributed by atoms with Crippen LogP contribution in [0.1, 0.15) is 40.2 Å². The normalized spacial score (nSPS) is 14.5. The van der Waals surface area contributed by atoms with Crippen molar-refractivity contribution in [3.05, 3.63) is 94.5 Å². The number of likely N-dealkylation sites (tertiary alicyclic amines) is 1. The third-order valence-electron chi connectivity index (χ3n) is 6.25. The molecule has 8 heteroatoms. The van der Waals surface area contributed by atoms with E-state index in [1.165, 1.54) is 18.2 Å². The summed E-state index contributed by atoms with van der Waals surface area (Å²) < 4.78 is 23.7. The first-order chi connectivity index (χ1) is 16.7. The number of rotatable bonds is 6. The van der Waals surface area contributed by atoms with Crippen LogP contribution in [-0.2, 0) is 21.1 Å². The molecule has 0 aromatic heterocycles. The lowest BCUT2D eigenvalue weighted by atomic mass is 9.89. The van der Waals surface area contributed by atoms with Crippen LogP contribution in [0.15, 0.2) is 77.7 Å². The van der Waals surface area contributed by atoms with E-state index in [1.54, 1.807) is 4.90 Å². The van der Waals surface area contributed by atoms with Crippen LogP contribution in [0.5, 0.6) is 0 Å². The Morgan fingerprint density at radius 1 is 0.971 bits per heavy atom. The lowest BCUT2D eigenvalue weighted by molar-refractivity contribution is -0.115. The summed E-state index contributed by atoms with van der Waals surface area (Å²) in [6.45, 7) is 1.11. The van der Waals surface area contributed by atoms with Crippen molar-refractivity contribution < 1.29 is 18.0 Å². The van der Waals surface area contributed by atoms with E-state index >= 15 is 0 Å². The highest BCUT2D eigenvalue weighted by Gasteiger charge is 2.26. The molecule has 1 saturated heterocycles. The van der Waals surface area contributed by atoms with Crippen LogP contribution in [0.25, 0.3) is 0 Å². The molecule has 2 amide bonds. The van der Waals surface area contributed by atoms with Gasteiger partial charge in [-0.15, -0.1) is 0 Å². The Bertz CT molecular complexity index is 1320. The number of amides is 2. The van der Waals surface area contributed by atoms with E-state index in [2.05, 4.69) is 5.32 Å². The zero-order valence-electron chi connectivity index (χ0n) is 19.4. The Kier molecular flexibility index (Phi) is 7.57. The van der Waals surface area contributed by atoms with E-state index in [1.807, 2.05) is 54.6 Å². The molecule has 0 saturated carbocycles. The zero-order chi connectivity index (χ0) is 25.0. The Labute approximate surface area is 210 Å². The zero-order valence-corrected chi connectivity index (χ0v) is 21.0. The Hall–Kier alpha value is -3.16. The van der Waals surface area contributed by atoms with Gasteiger partial charge in [0.1, 0.15) is 0 Å². The van der Waals surface area contributed by atoms with Crippen molar-refractivity contribution in [3.63, 3.8) is 0 Å². The number of benzene rings is 3. The van der Waals surface area contributed by atoms with Crippen LogP contribution in [0.2, 0.25) is 5.02 Å². The van der Waals surface area contributed by atoms with E-state index < -0.39 is 9.84 Å². The standard InChI is InChI=1S/C27H27ClN2O4S/c1-35(33,34)23-11-12-25(28)24(18-23)27(32)30-15-13-21(14-16-30)20-7-9-22(10-8-20)29-26(31)17-19-5-3-2-4-6-19/h2-12,18,21H,13-17H2,1H3,(H,29,31). The number of nitrogens with one attached hydrogen (secondary N) is 1. The molecule has 0 spiro atoms. The number of hydrogen-bond donors (Lipinski definition) is 1. The topological polar surface area (TPSA) is 83.6 Å². The molecule has 0 aliphatic carbocycles. The van der Waals surface area contributed by atoms with Crippen molar-refractivity contribution in [2.45, 2.75) is 30.1 Å². The van der Waals surface area contributed by atoms with Crippen LogP contribution in [-0.4, -0.2) is 44.5 Å². The minimum atomic E-state index is -3.43. The molecule has 182 valence electrons. The smallest absolute Gasteiger partial charge is 0.255 e. The number of carbonyl (C=O) groups is 2. The summed E-state index contributed by atoms with van der Waals surface area (Å²) in [4.78, 5) is 27.1. The summed E-state index contributed by atoms with van der Waals surface area (Å²) in [5.41, 5.74) is 3.09. The molecule has 4 rings (SSSR count). The van der Waals surface area contributed by atoms with E-state index in [0.29, 0.717) is 25.4 Å². The van der Waals surface area contributed by atoms with Gasteiger partial charge in [0.2, 0.25) is 5.91 Å². The molecule has 3 aromatic rings. The first-order valence-electron chi connectivity index (χ1n) is 11.4. The van der Waals surface area contributed by atoms with Crippen LogP contribution >= 0.6 is 11.6 Å². The SMILES string of the molecule is CS(=O)(=O)c1ccc(Cl)c(C(=O)N2CCC(c3ccc(NC(=O)Cc4ccccc4)cc3)CC2)c1. The molecule has 0 unspecified atom stereocenters. The highest BCUT2D eigenvalue weighted by Crippen LogP contribution is 2.31. The molecule has 6 nitrogen and oxygen atoms in total. The maximum atomic E-state index is 13.0. The molecule has 3 aromatic carbocycles. The number of piperidine rings is 1. The molecule has 1 fully saturated rings. The lowest BCUT2D eigenvalue weighted by Crippen LogP contribution is -2.38. The predicted molar refractivity (Wildman–Crippen MR) is 138 cm³/mol. The van der Waals surface area contributed by atoms with Gasteiger partial charge in [0.25, 0.3) is 5.91 Å². The predicted octanol–water partition coefficient (Wildman–Crippen LogP) is 4.94. The monoisotopic (exact) mass is 510 g/mol. The van der Waals surface area contributed by atoms with Crippen molar-refractivity contribution in [3.8, 4) is 0 Å². The molecule has 1 N–H and O–H groups in total. The van der Waals surface area contributed by atoms with Crippen molar-refractivity contribution in [2.24, 2.45) is 0 Å². The number of hydrogen-bond acceptors (Lipinski definition) is 4. The molecule has 0 bridgehead atoms. The third-order valence-corrected chi connectivity index (χ3v) is 7.69. The van der Waals surface area contributed by atoms with Gasteiger partial charge < -0.3 is 10.2 Å². The summed E-state index contributed by atoms with van der Waals surface area (Å²) >= 11 is 6.21. The second-order valence-corrected chi connectivity index (χ2v) is 11.2. The van der Waals surface area contributed by atoms with Gasteiger partial charge in [-0.05, 0) is 60.2 Å². The van der Waals surface area contributed by atoms with Crippen LogP contribution in [0.3, 0.4) is 0 Å². The average Bonchev–Trinajstić information content (AvgIpc) is 2.84.